The van der Waals surface area contributed by atoms with Gasteiger partial charge in [0.2, 0.25) is 5.91 Å². The van der Waals surface area contributed by atoms with Crippen molar-refractivity contribution in [2.75, 3.05) is 16.0 Å². The summed E-state index contributed by atoms with van der Waals surface area (Å²) in [4.78, 5) is 34.0. The molecular weight excluding hydrogens is 518 g/mol. The van der Waals surface area contributed by atoms with E-state index in [9.17, 15) is 9.59 Å². The second-order valence-corrected chi connectivity index (χ2v) is 11.4. The topological polar surface area (TPSA) is 151 Å². The molecule has 0 radical (unpaired) electrons. The van der Waals surface area contributed by atoms with Gasteiger partial charge in [0.15, 0.2) is 11.3 Å². The van der Waals surface area contributed by atoms with E-state index >= 15 is 0 Å². The Morgan fingerprint density at radius 1 is 1.05 bits per heavy atom. The van der Waals surface area contributed by atoms with Crippen molar-refractivity contribution in [2.24, 2.45) is 11.7 Å². The number of amides is 2. The van der Waals surface area contributed by atoms with Crippen molar-refractivity contribution >= 4 is 46.3 Å². The van der Waals surface area contributed by atoms with Gasteiger partial charge in [-0.05, 0) is 63.0 Å². The van der Waals surface area contributed by atoms with Gasteiger partial charge >= 0.3 is 0 Å². The molecule has 12 heteroatoms. The zero-order chi connectivity index (χ0) is 27.5. The van der Waals surface area contributed by atoms with E-state index in [1.54, 1.807) is 16.6 Å². The van der Waals surface area contributed by atoms with Crippen molar-refractivity contribution in [3.8, 4) is 0 Å². The van der Waals surface area contributed by atoms with E-state index in [0.29, 0.717) is 46.4 Å². The molecule has 5 rings (SSSR count). The average molecular weight is 554 g/mol. The second kappa shape index (κ2) is 11.7. The lowest BCUT2D eigenvalue weighted by molar-refractivity contribution is -0.123. The summed E-state index contributed by atoms with van der Waals surface area (Å²) in [7, 11) is 0. The lowest BCUT2D eigenvalue weighted by Crippen LogP contribution is -2.47. The summed E-state index contributed by atoms with van der Waals surface area (Å²) in [6.45, 7) is 4.13. The molecule has 3 heterocycles. The predicted octanol–water partition coefficient (Wildman–Crippen LogP) is 3.82. The molecule has 0 aliphatic heterocycles. The smallest absolute Gasteiger partial charge is 0.276 e. The number of aromatic nitrogens is 4. The Kier molecular flexibility index (Phi) is 8.18. The summed E-state index contributed by atoms with van der Waals surface area (Å²) in [5.41, 5.74) is 8.33. The maximum absolute atomic E-state index is 13.1. The maximum atomic E-state index is 13.1. The van der Waals surface area contributed by atoms with Crippen LogP contribution in [0.1, 0.15) is 69.3 Å². The second-order valence-electron chi connectivity index (χ2n) is 11.0. The van der Waals surface area contributed by atoms with Crippen molar-refractivity contribution in [3.05, 3.63) is 41.4 Å². The molecule has 2 saturated carbocycles. The quantitative estimate of drug-likeness (QED) is 0.238. The lowest BCUT2D eigenvalue weighted by Gasteiger charge is -2.31. The van der Waals surface area contributed by atoms with E-state index in [4.69, 9.17) is 22.4 Å². The number of nitrogens with one attached hydrogen (secondary N) is 4. The fourth-order valence-electron chi connectivity index (χ4n) is 4.94. The first-order valence-corrected chi connectivity index (χ1v) is 14.0. The Hall–Kier alpha value is -3.44. The number of nitrogens with two attached hydrogens (primary N) is 1. The molecule has 0 aromatic carbocycles. The zero-order valence-electron chi connectivity index (χ0n) is 22.3. The van der Waals surface area contributed by atoms with E-state index in [2.05, 4.69) is 45.1 Å². The molecule has 0 spiro atoms. The van der Waals surface area contributed by atoms with Crippen LogP contribution in [-0.4, -0.2) is 55.6 Å². The van der Waals surface area contributed by atoms with Crippen LogP contribution in [0.5, 0.6) is 0 Å². The third-order valence-electron chi connectivity index (χ3n) is 7.11. The normalized spacial score (nSPS) is 20.0. The molecule has 1 atom stereocenters. The molecule has 0 saturated heterocycles. The Bertz CT molecular complexity index is 1330. The van der Waals surface area contributed by atoms with Gasteiger partial charge in [-0.25, -0.2) is 14.5 Å². The summed E-state index contributed by atoms with van der Waals surface area (Å²) < 4.78 is 1.58. The minimum atomic E-state index is -0.466. The summed E-state index contributed by atoms with van der Waals surface area (Å²) >= 11 is 5.97. The number of carbonyl (C=O) groups is 2. The van der Waals surface area contributed by atoms with Gasteiger partial charge in [0.05, 0.1) is 17.9 Å². The molecule has 208 valence electrons. The van der Waals surface area contributed by atoms with Gasteiger partial charge < -0.3 is 27.0 Å². The van der Waals surface area contributed by atoms with Crippen molar-refractivity contribution in [1.82, 2.24) is 24.9 Å². The number of anilines is 3. The monoisotopic (exact) mass is 553 g/mol. The van der Waals surface area contributed by atoms with Gasteiger partial charge in [-0.2, -0.15) is 0 Å². The van der Waals surface area contributed by atoms with Crippen molar-refractivity contribution in [3.63, 3.8) is 0 Å². The number of pyridine rings is 1. The molecule has 0 bridgehead atoms. The molecule has 6 N–H and O–H groups in total. The predicted molar refractivity (Wildman–Crippen MR) is 152 cm³/mol. The van der Waals surface area contributed by atoms with Gasteiger partial charge in [0.25, 0.3) is 5.91 Å². The highest BCUT2D eigenvalue weighted by Crippen LogP contribution is 2.30. The van der Waals surface area contributed by atoms with E-state index in [1.165, 1.54) is 12.4 Å². The van der Waals surface area contributed by atoms with Crippen LogP contribution >= 0.6 is 11.6 Å². The number of imidazole rings is 1. The van der Waals surface area contributed by atoms with Crippen LogP contribution in [0.3, 0.4) is 0 Å². The lowest BCUT2D eigenvalue weighted by atomic mass is 9.90. The van der Waals surface area contributed by atoms with Crippen molar-refractivity contribution < 1.29 is 9.59 Å². The van der Waals surface area contributed by atoms with Crippen LogP contribution < -0.4 is 27.0 Å². The molecule has 2 aliphatic rings. The molecule has 11 nitrogen and oxygen atoms in total. The van der Waals surface area contributed by atoms with E-state index in [1.807, 2.05) is 6.07 Å². The van der Waals surface area contributed by atoms with Gasteiger partial charge in [0, 0.05) is 36.1 Å². The van der Waals surface area contributed by atoms with Gasteiger partial charge in [-0.1, -0.05) is 25.4 Å². The van der Waals surface area contributed by atoms with Crippen LogP contribution in [0.2, 0.25) is 5.15 Å². The van der Waals surface area contributed by atoms with Gasteiger partial charge in [-0.15, -0.1) is 5.10 Å². The molecule has 0 unspecified atom stereocenters. The van der Waals surface area contributed by atoms with Crippen LogP contribution in [0.25, 0.3) is 5.65 Å². The van der Waals surface area contributed by atoms with Crippen molar-refractivity contribution in [2.45, 2.75) is 83.0 Å². The minimum Gasteiger partial charge on any atom is -0.379 e. The minimum absolute atomic E-state index is 0.0667. The number of carbonyl (C=O) groups excluding carboxylic acids is 2. The molecule has 2 amide bonds. The van der Waals surface area contributed by atoms with E-state index in [-0.39, 0.29) is 23.9 Å². The van der Waals surface area contributed by atoms with Gasteiger partial charge in [0.1, 0.15) is 11.0 Å². The first kappa shape index (κ1) is 27.1. The number of nitrogens with zero attached hydrogens (tertiary/aromatic N) is 4. The third-order valence-corrected chi connectivity index (χ3v) is 7.32. The van der Waals surface area contributed by atoms with E-state index in [0.717, 1.165) is 44.2 Å². The SMILES string of the molecule is CC(C)C[C@H](N)C(=O)NC1CCC(Nc2cc(NC3CC3)c3ncc(C(=O)Nc4ccnc(Cl)c4)n3n2)CC1. The molecule has 2 fully saturated rings. The molecule has 2 aliphatic carbocycles. The third kappa shape index (κ3) is 6.96. The number of rotatable bonds is 10. The Balaban J connectivity index is 1.27. The summed E-state index contributed by atoms with van der Waals surface area (Å²) in [6, 6.07) is 5.47. The zero-order valence-corrected chi connectivity index (χ0v) is 23.0. The summed E-state index contributed by atoms with van der Waals surface area (Å²) in [6.07, 6.45) is 9.44. The Morgan fingerprint density at radius 2 is 1.74 bits per heavy atom. The molecule has 39 heavy (non-hydrogen) atoms. The average Bonchev–Trinajstić information content (AvgIpc) is 3.60. The highest BCUT2D eigenvalue weighted by Gasteiger charge is 2.27. The summed E-state index contributed by atoms with van der Waals surface area (Å²) in [5.74, 6) is 0.629. The number of fused-ring (bicyclic) bond motifs is 1. The standard InChI is InChI=1S/C27H36ClN9O2/c1-15(2)11-20(29)26(38)34-18-7-5-17(6-8-18)33-24-13-21(32-16-3-4-16)25-31-14-22(37(25)36-24)27(39)35-19-9-10-30-23(28)12-19/h9-10,12-18,20,32H,3-8,11,29H2,1-2H3,(H,33,36)(H,34,38)(H,30,35,39)/t17?,18?,20-/m0/s1. The van der Waals surface area contributed by atoms with Crippen LogP contribution in [0, 0.1) is 5.92 Å². The van der Waals surface area contributed by atoms with E-state index < -0.39 is 6.04 Å². The first-order valence-electron chi connectivity index (χ1n) is 13.7. The Labute approximate surface area is 232 Å². The first-order chi connectivity index (χ1) is 18.7. The molecule has 3 aromatic rings. The van der Waals surface area contributed by atoms with Crippen LogP contribution in [-0.2, 0) is 4.79 Å². The maximum Gasteiger partial charge on any atom is 0.276 e. The number of hydrogen-bond donors (Lipinski definition) is 5. The van der Waals surface area contributed by atoms with Gasteiger partial charge in [-0.3, -0.25) is 9.59 Å². The Morgan fingerprint density at radius 3 is 2.44 bits per heavy atom. The largest absolute Gasteiger partial charge is 0.379 e. The summed E-state index contributed by atoms with van der Waals surface area (Å²) in [5, 5.41) is 18.1. The fraction of sp³-hybridized carbons (Fsp3) is 0.519. The highest BCUT2D eigenvalue weighted by molar-refractivity contribution is 6.29. The fourth-order valence-corrected chi connectivity index (χ4v) is 5.11. The number of hydrogen-bond acceptors (Lipinski definition) is 8. The molecular formula is C27H36ClN9O2. The van der Waals surface area contributed by atoms with Crippen molar-refractivity contribution in [1.29, 1.82) is 0 Å². The van der Waals surface area contributed by atoms with Crippen LogP contribution in [0.15, 0.2) is 30.6 Å². The molecule has 3 aromatic heterocycles. The number of halogens is 1. The highest BCUT2D eigenvalue weighted by atomic mass is 35.5. The van der Waals surface area contributed by atoms with Crippen LogP contribution in [0.4, 0.5) is 17.2 Å².